The average Bonchev–Trinajstić information content (AvgIpc) is 2.82. The van der Waals surface area contributed by atoms with Crippen LogP contribution in [0.4, 0.5) is 0 Å². The first-order valence-corrected chi connectivity index (χ1v) is 6.41. The molecule has 1 N–H and O–H groups in total. The minimum Gasteiger partial charge on any atom is -0.312 e. The minimum atomic E-state index is 0.638. The topological polar surface area (TPSA) is 37.8 Å². The Labute approximate surface area is 96.7 Å². The van der Waals surface area contributed by atoms with Gasteiger partial charge in [-0.3, -0.25) is 0 Å². The molecular formula is C13H19N3. The standard InChI is InChI=1S/C13H19N3/c1-9-11-8-14-7-6-12(11)16-13(15-9)10-4-2-3-5-10/h10,14H,2-8H2,1H3. The normalized spacial score (nSPS) is 21.1. The van der Waals surface area contributed by atoms with Crippen molar-refractivity contribution < 1.29 is 0 Å². The summed E-state index contributed by atoms with van der Waals surface area (Å²) < 4.78 is 0. The average molecular weight is 217 g/mol. The highest BCUT2D eigenvalue weighted by Gasteiger charge is 2.22. The molecule has 1 aromatic heterocycles. The van der Waals surface area contributed by atoms with Crippen LogP contribution in [0.5, 0.6) is 0 Å². The third kappa shape index (κ3) is 1.73. The molecule has 0 saturated heterocycles. The van der Waals surface area contributed by atoms with E-state index in [2.05, 4.69) is 12.2 Å². The van der Waals surface area contributed by atoms with Gasteiger partial charge in [-0.2, -0.15) is 0 Å². The van der Waals surface area contributed by atoms with Gasteiger partial charge in [0.1, 0.15) is 5.82 Å². The van der Waals surface area contributed by atoms with Crippen LogP contribution in [0.25, 0.3) is 0 Å². The zero-order valence-corrected chi connectivity index (χ0v) is 9.92. The maximum Gasteiger partial charge on any atom is 0.131 e. The lowest BCUT2D eigenvalue weighted by Gasteiger charge is -2.20. The molecule has 86 valence electrons. The zero-order valence-electron chi connectivity index (χ0n) is 9.92. The molecule has 1 aromatic rings. The number of nitrogens with one attached hydrogen (secondary N) is 1. The van der Waals surface area contributed by atoms with Crippen LogP contribution in [0.2, 0.25) is 0 Å². The largest absolute Gasteiger partial charge is 0.312 e. The molecule has 0 unspecified atom stereocenters. The second kappa shape index (κ2) is 4.13. The summed E-state index contributed by atoms with van der Waals surface area (Å²) in [7, 11) is 0. The van der Waals surface area contributed by atoms with Crippen LogP contribution in [0.15, 0.2) is 0 Å². The van der Waals surface area contributed by atoms with E-state index in [4.69, 9.17) is 9.97 Å². The van der Waals surface area contributed by atoms with Gasteiger partial charge in [-0.05, 0) is 19.8 Å². The first-order valence-electron chi connectivity index (χ1n) is 6.41. The summed E-state index contributed by atoms with van der Waals surface area (Å²) in [5.74, 6) is 1.76. The highest BCUT2D eigenvalue weighted by Crippen LogP contribution is 2.32. The lowest BCUT2D eigenvalue weighted by atomic mass is 10.0. The summed E-state index contributed by atoms with van der Waals surface area (Å²) in [5, 5.41) is 3.39. The molecule has 3 rings (SSSR count). The monoisotopic (exact) mass is 217 g/mol. The molecule has 3 heteroatoms. The van der Waals surface area contributed by atoms with Gasteiger partial charge in [0.15, 0.2) is 0 Å². The smallest absolute Gasteiger partial charge is 0.131 e. The van der Waals surface area contributed by atoms with E-state index in [9.17, 15) is 0 Å². The van der Waals surface area contributed by atoms with Gasteiger partial charge in [-0.15, -0.1) is 0 Å². The number of fused-ring (bicyclic) bond motifs is 1. The van der Waals surface area contributed by atoms with Crippen molar-refractivity contribution in [2.45, 2.75) is 51.5 Å². The molecule has 1 saturated carbocycles. The van der Waals surface area contributed by atoms with Gasteiger partial charge < -0.3 is 5.32 Å². The fourth-order valence-corrected chi connectivity index (χ4v) is 2.90. The highest BCUT2D eigenvalue weighted by atomic mass is 15.0. The van der Waals surface area contributed by atoms with E-state index in [0.29, 0.717) is 5.92 Å². The molecule has 0 amide bonds. The molecule has 0 spiro atoms. The van der Waals surface area contributed by atoms with Crippen LogP contribution < -0.4 is 5.32 Å². The van der Waals surface area contributed by atoms with Crippen molar-refractivity contribution in [1.82, 2.24) is 15.3 Å². The first-order chi connectivity index (χ1) is 7.84. The molecule has 3 nitrogen and oxygen atoms in total. The number of aromatic nitrogens is 2. The number of nitrogens with zero attached hydrogens (tertiary/aromatic N) is 2. The van der Waals surface area contributed by atoms with Crippen molar-refractivity contribution in [3.8, 4) is 0 Å². The number of hydrogen-bond acceptors (Lipinski definition) is 3. The van der Waals surface area contributed by atoms with Gasteiger partial charge in [0.05, 0.1) is 5.69 Å². The molecule has 0 atom stereocenters. The van der Waals surface area contributed by atoms with E-state index in [1.807, 2.05) is 0 Å². The van der Waals surface area contributed by atoms with Crippen molar-refractivity contribution >= 4 is 0 Å². The number of rotatable bonds is 1. The van der Waals surface area contributed by atoms with Gasteiger partial charge in [-0.1, -0.05) is 12.8 Å². The maximum absolute atomic E-state index is 4.80. The van der Waals surface area contributed by atoms with Gasteiger partial charge in [-0.25, -0.2) is 9.97 Å². The Hall–Kier alpha value is -0.960. The number of aryl methyl sites for hydroxylation is 1. The summed E-state index contributed by atoms with van der Waals surface area (Å²) in [5.41, 5.74) is 3.83. The van der Waals surface area contributed by atoms with E-state index in [0.717, 1.165) is 25.3 Å². The Morgan fingerprint density at radius 2 is 2.00 bits per heavy atom. The van der Waals surface area contributed by atoms with E-state index >= 15 is 0 Å². The zero-order chi connectivity index (χ0) is 11.0. The van der Waals surface area contributed by atoms with Crippen LogP contribution in [0.1, 0.15) is 54.4 Å². The molecule has 1 aliphatic carbocycles. The van der Waals surface area contributed by atoms with Gasteiger partial charge in [0.2, 0.25) is 0 Å². The fraction of sp³-hybridized carbons (Fsp3) is 0.692. The van der Waals surface area contributed by atoms with E-state index < -0.39 is 0 Å². The molecule has 1 aliphatic heterocycles. The summed E-state index contributed by atoms with van der Waals surface area (Å²) in [6, 6.07) is 0. The number of hydrogen-bond donors (Lipinski definition) is 1. The Morgan fingerprint density at radius 3 is 2.81 bits per heavy atom. The van der Waals surface area contributed by atoms with Gasteiger partial charge in [0, 0.05) is 36.7 Å². The lowest BCUT2D eigenvalue weighted by Crippen LogP contribution is -2.26. The first kappa shape index (κ1) is 10.2. The third-order valence-corrected chi connectivity index (χ3v) is 3.88. The maximum atomic E-state index is 4.80. The van der Waals surface area contributed by atoms with Crippen molar-refractivity contribution in [2.75, 3.05) is 6.54 Å². The van der Waals surface area contributed by atoms with Gasteiger partial charge in [0.25, 0.3) is 0 Å². The third-order valence-electron chi connectivity index (χ3n) is 3.88. The molecule has 0 aromatic carbocycles. The molecule has 16 heavy (non-hydrogen) atoms. The van der Waals surface area contributed by atoms with Crippen molar-refractivity contribution in [3.63, 3.8) is 0 Å². The highest BCUT2D eigenvalue weighted by molar-refractivity contribution is 5.28. The minimum absolute atomic E-state index is 0.638. The fourth-order valence-electron chi connectivity index (χ4n) is 2.90. The van der Waals surface area contributed by atoms with Crippen molar-refractivity contribution in [1.29, 1.82) is 0 Å². The van der Waals surface area contributed by atoms with Crippen molar-refractivity contribution in [2.24, 2.45) is 0 Å². The predicted molar refractivity (Wildman–Crippen MR) is 63.4 cm³/mol. The Bertz CT molecular complexity index is 394. The summed E-state index contributed by atoms with van der Waals surface area (Å²) in [6.07, 6.45) is 6.35. The molecule has 0 radical (unpaired) electrons. The Morgan fingerprint density at radius 1 is 1.19 bits per heavy atom. The van der Waals surface area contributed by atoms with Crippen LogP contribution in [0, 0.1) is 6.92 Å². The van der Waals surface area contributed by atoms with Crippen molar-refractivity contribution in [3.05, 3.63) is 22.8 Å². The van der Waals surface area contributed by atoms with Gasteiger partial charge >= 0.3 is 0 Å². The predicted octanol–water partition coefficient (Wildman–Crippen LogP) is 2.09. The van der Waals surface area contributed by atoms with E-state index in [1.54, 1.807) is 0 Å². The van der Waals surface area contributed by atoms with Crippen LogP contribution in [-0.2, 0) is 13.0 Å². The lowest BCUT2D eigenvalue weighted by molar-refractivity contribution is 0.594. The molecule has 0 bridgehead atoms. The van der Waals surface area contributed by atoms with Crippen LogP contribution in [0.3, 0.4) is 0 Å². The second-order valence-electron chi connectivity index (χ2n) is 5.00. The molecule has 1 fully saturated rings. The summed E-state index contributed by atoms with van der Waals surface area (Å²) in [4.78, 5) is 9.52. The van der Waals surface area contributed by atoms with E-state index in [-0.39, 0.29) is 0 Å². The van der Waals surface area contributed by atoms with Crippen LogP contribution >= 0.6 is 0 Å². The second-order valence-corrected chi connectivity index (χ2v) is 5.00. The molecular weight excluding hydrogens is 198 g/mol. The SMILES string of the molecule is Cc1nc(C2CCCC2)nc2c1CNCC2. The Kier molecular flexibility index (Phi) is 2.64. The summed E-state index contributed by atoms with van der Waals surface area (Å²) >= 11 is 0. The van der Waals surface area contributed by atoms with E-state index in [1.165, 1.54) is 42.6 Å². The molecule has 2 aliphatic rings. The molecule has 2 heterocycles. The Balaban J connectivity index is 1.97. The summed E-state index contributed by atoms with van der Waals surface area (Å²) in [6.45, 7) is 4.14. The van der Waals surface area contributed by atoms with Crippen LogP contribution in [-0.4, -0.2) is 16.5 Å². The quantitative estimate of drug-likeness (QED) is 0.782.